The Hall–Kier alpha value is -0.950. The topological polar surface area (TPSA) is 78.4 Å². The van der Waals surface area contributed by atoms with Crippen LogP contribution in [0, 0.1) is 0 Å². The summed E-state index contributed by atoms with van der Waals surface area (Å²) < 4.78 is 24.1. The third-order valence-corrected chi connectivity index (χ3v) is 3.49. The van der Waals surface area contributed by atoms with E-state index in [0.717, 1.165) is 11.8 Å². The normalized spacial score (nSPS) is 15.1. The maximum atomic E-state index is 10.8. The maximum Gasteiger partial charge on any atom is 0.208 e. The lowest BCUT2D eigenvalue weighted by Gasteiger charge is -2.24. The zero-order valence-corrected chi connectivity index (χ0v) is 12.2. The summed E-state index contributed by atoms with van der Waals surface area (Å²) in [5, 5.41) is 13.4. The van der Waals surface area contributed by atoms with Crippen molar-refractivity contribution in [1.29, 1.82) is 0 Å². The average Bonchev–Trinajstić information content (AvgIpc) is 2.33. The first-order chi connectivity index (χ1) is 8.81. The monoisotopic (exact) mass is 286 g/mol. The fourth-order valence-corrected chi connectivity index (χ4v) is 2.22. The number of benzene rings is 1. The molecule has 1 unspecified atom stereocenters. The van der Waals surface area contributed by atoms with Crippen molar-refractivity contribution in [2.45, 2.75) is 18.9 Å². The number of nitrogens with one attached hydrogen (secondary N) is 2. The van der Waals surface area contributed by atoms with Crippen LogP contribution in [0.3, 0.4) is 0 Å². The third kappa shape index (κ3) is 6.68. The van der Waals surface area contributed by atoms with Gasteiger partial charge in [0.1, 0.15) is 0 Å². The van der Waals surface area contributed by atoms with Crippen molar-refractivity contribution in [2.24, 2.45) is 0 Å². The zero-order valence-electron chi connectivity index (χ0n) is 11.4. The van der Waals surface area contributed by atoms with E-state index in [1.165, 1.54) is 0 Å². The summed E-state index contributed by atoms with van der Waals surface area (Å²) in [6.07, 6.45) is 1.82. The van der Waals surface area contributed by atoms with Crippen LogP contribution in [0.15, 0.2) is 30.3 Å². The lowest BCUT2D eigenvalue weighted by Crippen LogP contribution is -2.36. The van der Waals surface area contributed by atoms with E-state index in [1.54, 1.807) is 6.92 Å². The Bertz CT molecular complexity index is 472. The first-order valence-electron chi connectivity index (χ1n) is 6.24. The molecule has 0 saturated heterocycles. The van der Waals surface area contributed by atoms with Crippen LogP contribution < -0.4 is 10.0 Å². The molecule has 5 nitrogen and oxygen atoms in total. The van der Waals surface area contributed by atoms with Gasteiger partial charge in [-0.3, -0.25) is 0 Å². The maximum absolute atomic E-state index is 10.8. The van der Waals surface area contributed by atoms with E-state index >= 15 is 0 Å². The molecule has 3 N–H and O–H groups in total. The van der Waals surface area contributed by atoms with Gasteiger partial charge in [0.2, 0.25) is 10.0 Å². The van der Waals surface area contributed by atoms with Crippen LogP contribution in [0.2, 0.25) is 0 Å². The molecule has 0 aliphatic heterocycles. The standard InChI is InChI=1S/C13H22N2O3S/c1-13(16,12-7-4-3-5-8-12)11-14-9-6-10-15-19(2,17)18/h3-5,7-8,14-16H,6,9-11H2,1-2H3. The van der Waals surface area contributed by atoms with Crippen LogP contribution in [0.1, 0.15) is 18.9 Å². The Morgan fingerprint density at radius 2 is 1.84 bits per heavy atom. The number of aliphatic hydroxyl groups is 1. The molecule has 1 rings (SSSR count). The van der Waals surface area contributed by atoms with E-state index < -0.39 is 15.6 Å². The molecule has 0 fully saturated rings. The smallest absolute Gasteiger partial charge is 0.208 e. The minimum Gasteiger partial charge on any atom is -0.384 e. The minimum absolute atomic E-state index is 0.402. The quantitative estimate of drug-likeness (QED) is 0.605. The van der Waals surface area contributed by atoms with Crippen molar-refractivity contribution < 1.29 is 13.5 Å². The molecule has 19 heavy (non-hydrogen) atoms. The van der Waals surface area contributed by atoms with E-state index in [4.69, 9.17) is 0 Å². The van der Waals surface area contributed by atoms with Gasteiger partial charge in [0.05, 0.1) is 11.9 Å². The van der Waals surface area contributed by atoms with Crippen molar-refractivity contribution in [1.82, 2.24) is 10.0 Å². The van der Waals surface area contributed by atoms with Crippen molar-refractivity contribution in [3.63, 3.8) is 0 Å². The second-order valence-electron chi connectivity index (χ2n) is 4.84. The van der Waals surface area contributed by atoms with E-state index in [1.807, 2.05) is 30.3 Å². The summed E-state index contributed by atoms with van der Waals surface area (Å²) in [7, 11) is -3.11. The van der Waals surface area contributed by atoms with Gasteiger partial charge in [-0.1, -0.05) is 30.3 Å². The summed E-state index contributed by atoms with van der Waals surface area (Å²) in [5.41, 5.74) is -0.0670. The van der Waals surface area contributed by atoms with Crippen LogP contribution >= 0.6 is 0 Å². The second kappa shape index (κ2) is 7.00. The Balaban J connectivity index is 2.26. The molecule has 0 amide bonds. The van der Waals surface area contributed by atoms with E-state index in [2.05, 4.69) is 10.0 Å². The van der Waals surface area contributed by atoms with E-state index in [-0.39, 0.29) is 0 Å². The van der Waals surface area contributed by atoms with Gasteiger partial charge in [-0.2, -0.15) is 0 Å². The van der Waals surface area contributed by atoms with Crippen LogP contribution in [-0.4, -0.2) is 39.4 Å². The van der Waals surface area contributed by atoms with E-state index in [0.29, 0.717) is 26.1 Å². The molecule has 0 radical (unpaired) electrons. The molecule has 1 aromatic rings. The van der Waals surface area contributed by atoms with Crippen molar-refractivity contribution >= 4 is 10.0 Å². The Morgan fingerprint density at radius 3 is 2.42 bits per heavy atom. The minimum atomic E-state index is -3.11. The lowest BCUT2D eigenvalue weighted by atomic mass is 9.96. The molecular weight excluding hydrogens is 264 g/mol. The van der Waals surface area contributed by atoms with Gasteiger partial charge in [-0.25, -0.2) is 13.1 Å². The Morgan fingerprint density at radius 1 is 1.21 bits per heavy atom. The first-order valence-corrected chi connectivity index (χ1v) is 8.14. The molecule has 0 saturated carbocycles. The van der Waals surface area contributed by atoms with Gasteiger partial charge in [0.25, 0.3) is 0 Å². The highest BCUT2D eigenvalue weighted by molar-refractivity contribution is 7.88. The lowest BCUT2D eigenvalue weighted by molar-refractivity contribution is 0.0571. The molecule has 108 valence electrons. The highest BCUT2D eigenvalue weighted by Gasteiger charge is 2.21. The number of hydrogen-bond donors (Lipinski definition) is 3. The summed E-state index contributed by atoms with van der Waals surface area (Å²) in [6.45, 7) is 3.23. The number of hydrogen-bond acceptors (Lipinski definition) is 4. The molecule has 0 spiro atoms. The van der Waals surface area contributed by atoms with Crippen molar-refractivity contribution in [3.8, 4) is 0 Å². The predicted octanol–water partition coefficient (Wildman–Crippen LogP) is 0.423. The highest BCUT2D eigenvalue weighted by Crippen LogP contribution is 2.18. The largest absolute Gasteiger partial charge is 0.384 e. The summed E-state index contributed by atoms with van der Waals surface area (Å²) in [6, 6.07) is 9.45. The summed E-state index contributed by atoms with van der Waals surface area (Å²) >= 11 is 0. The Kier molecular flexibility index (Phi) is 5.93. The van der Waals surface area contributed by atoms with Crippen LogP contribution in [-0.2, 0) is 15.6 Å². The van der Waals surface area contributed by atoms with Gasteiger partial charge in [0, 0.05) is 13.1 Å². The molecule has 0 aliphatic rings. The molecule has 0 aliphatic carbocycles. The summed E-state index contributed by atoms with van der Waals surface area (Å²) in [4.78, 5) is 0. The second-order valence-corrected chi connectivity index (χ2v) is 6.67. The zero-order chi connectivity index (χ0) is 14.4. The fraction of sp³-hybridized carbons (Fsp3) is 0.538. The molecule has 0 heterocycles. The molecule has 6 heteroatoms. The van der Waals surface area contributed by atoms with Crippen molar-refractivity contribution in [3.05, 3.63) is 35.9 Å². The van der Waals surface area contributed by atoms with Crippen LogP contribution in [0.5, 0.6) is 0 Å². The first kappa shape index (κ1) is 16.1. The van der Waals surface area contributed by atoms with Gasteiger partial charge in [-0.15, -0.1) is 0 Å². The molecule has 1 atom stereocenters. The molecule has 1 aromatic carbocycles. The highest BCUT2D eigenvalue weighted by atomic mass is 32.2. The summed E-state index contributed by atoms with van der Waals surface area (Å²) in [5.74, 6) is 0. The SMILES string of the molecule is CC(O)(CNCCCNS(C)(=O)=O)c1ccccc1. The van der Waals surface area contributed by atoms with Crippen molar-refractivity contribution in [2.75, 3.05) is 25.9 Å². The molecule has 0 bridgehead atoms. The average molecular weight is 286 g/mol. The molecular formula is C13H22N2O3S. The molecule has 0 aromatic heterocycles. The third-order valence-electron chi connectivity index (χ3n) is 2.76. The predicted molar refractivity (Wildman–Crippen MR) is 76.3 cm³/mol. The van der Waals surface area contributed by atoms with Gasteiger partial charge in [-0.05, 0) is 25.5 Å². The van der Waals surface area contributed by atoms with E-state index in [9.17, 15) is 13.5 Å². The number of rotatable bonds is 8. The number of sulfonamides is 1. The Labute approximate surface area is 115 Å². The fourth-order valence-electron chi connectivity index (χ4n) is 1.70. The van der Waals surface area contributed by atoms with Gasteiger partial charge in [0.15, 0.2) is 0 Å². The van der Waals surface area contributed by atoms with Crippen LogP contribution in [0.4, 0.5) is 0 Å². The van der Waals surface area contributed by atoms with Gasteiger partial charge >= 0.3 is 0 Å². The van der Waals surface area contributed by atoms with Gasteiger partial charge < -0.3 is 10.4 Å². The van der Waals surface area contributed by atoms with Crippen LogP contribution in [0.25, 0.3) is 0 Å².